The van der Waals surface area contributed by atoms with Gasteiger partial charge in [0.15, 0.2) is 0 Å². The zero-order chi connectivity index (χ0) is 43.1. The minimum Gasteiger partial charge on any atom is -0.550 e. The van der Waals surface area contributed by atoms with Gasteiger partial charge >= 0.3 is 19.5 Å². The van der Waals surface area contributed by atoms with Crippen molar-refractivity contribution in [1.29, 1.82) is 0 Å². The van der Waals surface area contributed by atoms with Crippen LogP contribution in [0.3, 0.4) is 0 Å². The fraction of sp³-hybridized carbons (Fsp3) is 0.963. The molecule has 5 heteroatoms. The Morgan fingerprint density at radius 1 is 0.220 bits per heavy atom. The molecule has 0 aliphatic carbocycles. The van der Waals surface area contributed by atoms with Gasteiger partial charge in [0.25, 0.3) is 0 Å². The molecule has 0 heterocycles. The summed E-state index contributed by atoms with van der Waals surface area (Å²) in [5, 5.41) is 20.4. The second-order valence-corrected chi connectivity index (χ2v) is 18.1. The van der Waals surface area contributed by atoms with Gasteiger partial charge < -0.3 is 19.8 Å². The van der Waals surface area contributed by atoms with Crippen LogP contribution in [0.25, 0.3) is 0 Å². The van der Waals surface area contributed by atoms with Gasteiger partial charge in [-0.25, -0.2) is 0 Å². The minimum absolute atomic E-state index is 0. The van der Waals surface area contributed by atoms with Crippen molar-refractivity contribution in [2.75, 3.05) is 0 Å². The Morgan fingerprint density at radius 2 is 0.322 bits per heavy atom. The summed E-state index contributed by atoms with van der Waals surface area (Å²) in [5.41, 5.74) is 0. The molecule has 0 fully saturated rings. The van der Waals surface area contributed by atoms with E-state index in [1.165, 1.54) is 270 Å². The van der Waals surface area contributed by atoms with Crippen LogP contribution in [-0.2, 0) is 29.1 Å². The summed E-state index contributed by atoms with van der Waals surface area (Å²) in [5.74, 6) is -1.81. The van der Waals surface area contributed by atoms with E-state index in [9.17, 15) is 19.8 Å². The molecule has 350 valence electrons. The minimum atomic E-state index is -0.903. The standard InChI is InChI=1S/2C18H36O2.C18H38.Zn/c2*1-2-3-4-5-6-7-8-9-10-11-12-13-14-15-16-17-18(19)20;1-3-5-7-9-11-13-15-17-18-16-14-12-10-8-6-4-2;/h2*2-17H2,1H3,(H,19,20);3-18H2,1-2H3;/q;;;+2/p-2. The van der Waals surface area contributed by atoms with E-state index in [0.29, 0.717) is 0 Å². The molecule has 0 aromatic carbocycles. The summed E-state index contributed by atoms with van der Waals surface area (Å²) in [7, 11) is 0. The number of hydrogen-bond donors (Lipinski definition) is 0. The van der Waals surface area contributed by atoms with Gasteiger partial charge in [-0.05, 0) is 25.7 Å². The zero-order valence-corrected chi connectivity index (χ0v) is 44.2. The van der Waals surface area contributed by atoms with E-state index in [0.717, 1.165) is 25.7 Å². The average Bonchev–Trinajstić information content (AvgIpc) is 3.21. The van der Waals surface area contributed by atoms with Gasteiger partial charge in [0.05, 0.1) is 0 Å². The van der Waals surface area contributed by atoms with Crippen LogP contribution in [-0.4, -0.2) is 11.9 Å². The van der Waals surface area contributed by atoms with E-state index in [2.05, 4.69) is 27.7 Å². The molecule has 0 aliphatic heterocycles. The monoisotopic (exact) mass is 885 g/mol. The van der Waals surface area contributed by atoms with Crippen LogP contribution in [0.5, 0.6) is 0 Å². The maximum atomic E-state index is 10.2. The van der Waals surface area contributed by atoms with E-state index in [4.69, 9.17) is 0 Å². The Hall–Kier alpha value is -0.437. The van der Waals surface area contributed by atoms with Crippen molar-refractivity contribution in [3.8, 4) is 0 Å². The maximum Gasteiger partial charge on any atom is 2.00 e. The molecule has 0 aromatic rings. The quantitative estimate of drug-likeness (QED) is 0.0450. The van der Waals surface area contributed by atoms with Crippen LogP contribution < -0.4 is 10.2 Å². The van der Waals surface area contributed by atoms with E-state index in [1.807, 2.05) is 0 Å². The first-order valence-electron chi connectivity index (χ1n) is 26.9. The number of aliphatic carboxylic acids is 2. The van der Waals surface area contributed by atoms with E-state index in [-0.39, 0.29) is 32.3 Å². The molecule has 0 aliphatic rings. The summed E-state index contributed by atoms with van der Waals surface area (Å²) in [6, 6.07) is 0. The number of unbranched alkanes of at least 4 members (excludes halogenated alkanes) is 43. The zero-order valence-electron chi connectivity index (χ0n) is 41.3. The number of carbonyl (C=O) groups excluding carboxylic acids is 2. The molecular weight excluding hydrogens is 778 g/mol. The van der Waals surface area contributed by atoms with Gasteiger partial charge in [-0.2, -0.15) is 0 Å². The first kappa shape index (κ1) is 65.2. The predicted molar refractivity (Wildman–Crippen MR) is 254 cm³/mol. The fourth-order valence-electron chi connectivity index (χ4n) is 7.90. The molecule has 0 saturated carbocycles. The molecule has 0 bridgehead atoms. The van der Waals surface area contributed by atoms with Crippen LogP contribution in [0, 0.1) is 0 Å². The molecule has 59 heavy (non-hydrogen) atoms. The summed E-state index contributed by atoms with van der Waals surface area (Å²) < 4.78 is 0. The molecule has 0 N–H and O–H groups in total. The number of hydrogen-bond acceptors (Lipinski definition) is 4. The summed E-state index contributed by atoms with van der Waals surface area (Å²) >= 11 is 0. The molecule has 0 spiro atoms. The van der Waals surface area contributed by atoms with Crippen molar-refractivity contribution < 1.29 is 39.3 Å². The SMILES string of the molecule is CCCCCCCCCCCCCCCCCC.CCCCCCCCCCCCCCCCCC(=O)[O-].CCCCCCCCCCCCCCCCCC(=O)[O-].[Zn+2]. The molecule has 0 unspecified atom stereocenters. The molecule has 0 rings (SSSR count). The number of carbonyl (C=O) groups is 2. The third-order valence-electron chi connectivity index (χ3n) is 11.9. The van der Waals surface area contributed by atoms with Crippen LogP contribution in [0.15, 0.2) is 0 Å². The van der Waals surface area contributed by atoms with Crippen LogP contribution in [0.2, 0.25) is 0 Å². The van der Waals surface area contributed by atoms with Gasteiger partial charge in [0.2, 0.25) is 0 Å². The van der Waals surface area contributed by atoms with Crippen LogP contribution in [0.4, 0.5) is 0 Å². The first-order chi connectivity index (χ1) is 28.5. The summed E-state index contributed by atoms with van der Waals surface area (Å²) in [6.45, 7) is 9.12. The van der Waals surface area contributed by atoms with Crippen molar-refractivity contribution in [1.82, 2.24) is 0 Å². The van der Waals surface area contributed by atoms with E-state index >= 15 is 0 Å². The molecule has 0 amide bonds. The van der Waals surface area contributed by atoms with Gasteiger partial charge in [-0.1, -0.05) is 310 Å². The molecular formula is C54H108O4Zn. The third kappa shape index (κ3) is 75.4. The van der Waals surface area contributed by atoms with Crippen LogP contribution in [0.1, 0.15) is 336 Å². The normalized spacial score (nSPS) is 10.7. The van der Waals surface area contributed by atoms with Crippen molar-refractivity contribution in [2.45, 2.75) is 336 Å². The van der Waals surface area contributed by atoms with Crippen molar-refractivity contribution in [2.24, 2.45) is 0 Å². The van der Waals surface area contributed by atoms with Crippen molar-refractivity contribution >= 4 is 11.9 Å². The molecule has 0 aromatic heterocycles. The number of carboxylic acids is 2. The van der Waals surface area contributed by atoms with E-state index < -0.39 is 11.9 Å². The van der Waals surface area contributed by atoms with E-state index in [1.54, 1.807) is 0 Å². The average molecular weight is 887 g/mol. The molecule has 0 radical (unpaired) electrons. The Balaban J connectivity index is -0.000000382. The number of rotatable bonds is 47. The fourth-order valence-corrected chi connectivity index (χ4v) is 7.90. The molecule has 0 saturated heterocycles. The first-order valence-corrected chi connectivity index (χ1v) is 26.9. The smallest absolute Gasteiger partial charge is 0.550 e. The second kappa shape index (κ2) is 64.2. The van der Waals surface area contributed by atoms with Gasteiger partial charge in [0.1, 0.15) is 0 Å². The topological polar surface area (TPSA) is 80.3 Å². The van der Waals surface area contributed by atoms with Gasteiger partial charge in [-0.3, -0.25) is 0 Å². The van der Waals surface area contributed by atoms with Crippen molar-refractivity contribution in [3.05, 3.63) is 0 Å². The molecule has 0 atom stereocenters. The Bertz CT molecular complexity index is 669. The Morgan fingerprint density at radius 3 is 0.424 bits per heavy atom. The number of carboxylic acid groups (broad SMARTS) is 2. The molecule has 4 nitrogen and oxygen atoms in total. The van der Waals surface area contributed by atoms with Gasteiger partial charge in [-0.15, -0.1) is 0 Å². The Labute approximate surface area is 385 Å². The largest absolute Gasteiger partial charge is 2.00 e. The van der Waals surface area contributed by atoms with Crippen molar-refractivity contribution in [3.63, 3.8) is 0 Å². The second-order valence-electron chi connectivity index (χ2n) is 18.1. The third-order valence-corrected chi connectivity index (χ3v) is 11.9. The summed E-state index contributed by atoms with van der Waals surface area (Å²) in [4.78, 5) is 20.4. The van der Waals surface area contributed by atoms with Crippen LogP contribution >= 0.6 is 0 Å². The Kier molecular flexibility index (Phi) is 70.9. The van der Waals surface area contributed by atoms with Gasteiger partial charge in [0, 0.05) is 11.9 Å². The maximum absolute atomic E-state index is 10.2. The summed E-state index contributed by atoms with van der Waals surface area (Å²) in [6.07, 6.45) is 63.1. The predicted octanol–water partition coefficient (Wildman–Crippen LogP) is 17.3.